The fourth-order valence-electron chi connectivity index (χ4n) is 2.60. The summed E-state index contributed by atoms with van der Waals surface area (Å²) in [7, 11) is -4.61. The third-order valence-corrected chi connectivity index (χ3v) is 5.56. The first kappa shape index (κ1) is 26.7. The molecule has 0 aliphatic carbocycles. The van der Waals surface area contributed by atoms with Crippen LogP contribution >= 0.6 is 0 Å². The molecule has 0 bridgehead atoms. The van der Waals surface area contributed by atoms with Crippen molar-refractivity contribution >= 4 is 10.1 Å². The summed E-state index contributed by atoms with van der Waals surface area (Å²) in [4.78, 5) is -2.11. The summed E-state index contributed by atoms with van der Waals surface area (Å²) in [5.74, 6) is 0. The van der Waals surface area contributed by atoms with Gasteiger partial charge in [0, 0.05) is 0 Å². The summed E-state index contributed by atoms with van der Waals surface area (Å²) in [6.45, 7) is 3.33. The molecule has 0 radical (unpaired) electrons. The van der Waals surface area contributed by atoms with Crippen molar-refractivity contribution < 1.29 is 69.5 Å². The predicted octanol–water partition coefficient (Wildman–Crippen LogP) is 1.73. The predicted molar refractivity (Wildman–Crippen MR) is 90.6 cm³/mol. The van der Waals surface area contributed by atoms with Gasteiger partial charge in [-0.25, -0.2) is 8.42 Å². The van der Waals surface area contributed by atoms with Gasteiger partial charge >= 0.3 is 51.4 Å². The van der Waals surface area contributed by atoms with Crippen LogP contribution in [0.15, 0.2) is 0 Å². The van der Waals surface area contributed by atoms with E-state index in [-0.39, 0.29) is 57.8 Å². The summed E-state index contributed by atoms with van der Waals surface area (Å²) < 4.78 is 32.4. The molecule has 0 saturated carbocycles. The van der Waals surface area contributed by atoms with Gasteiger partial charge in [-0.1, -0.05) is 84.0 Å². The normalized spacial score (nSPS) is 14.3. The first-order valence-electron chi connectivity index (χ1n) is 8.99. The van der Waals surface area contributed by atoms with Crippen molar-refractivity contribution in [1.82, 2.24) is 0 Å². The molecule has 0 saturated heterocycles. The zero-order valence-electron chi connectivity index (χ0n) is 15.5. The maximum atomic E-state index is 10.8. The number of unbranched alkanes of at least 4 members (excludes halogenated alkanes) is 12. The molecule has 0 heterocycles. The van der Waals surface area contributed by atoms with E-state index in [0.29, 0.717) is 6.42 Å². The third kappa shape index (κ3) is 15.5. The number of hydrogen-bond acceptors (Lipinski definition) is 4. The van der Waals surface area contributed by atoms with E-state index >= 15 is 0 Å². The van der Waals surface area contributed by atoms with Crippen molar-refractivity contribution in [1.29, 1.82) is 0 Å². The first-order chi connectivity index (χ1) is 10.3. The Morgan fingerprint density at radius 1 is 0.783 bits per heavy atom. The molecular formula is C17H35KO4S. The van der Waals surface area contributed by atoms with Crippen LogP contribution in [0.4, 0.5) is 0 Å². The molecule has 0 aromatic carbocycles. The Morgan fingerprint density at radius 2 is 1.09 bits per heavy atom. The van der Waals surface area contributed by atoms with Crippen LogP contribution in [-0.4, -0.2) is 23.0 Å². The average Bonchev–Trinajstić information content (AvgIpc) is 2.42. The molecule has 0 amide bonds. The second kappa shape index (κ2) is 15.7. The van der Waals surface area contributed by atoms with Gasteiger partial charge in [0.05, 0.1) is 0 Å². The van der Waals surface area contributed by atoms with Gasteiger partial charge in [0.15, 0.2) is 4.93 Å². The maximum Gasteiger partial charge on any atom is 1.00 e. The van der Waals surface area contributed by atoms with Gasteiger partial charge in [-0.15, -0.1) is 0 Å². The zero-order chi connectivity index (χ0) is 16.9. The SMILES string of the molecule is CCCCCCCCCCCCCCCC(C)(O)S(=O)(=O)[O-].[K+]. The van der Waals surface area contributed by atoms with Gasteiger partial charge in [-0.05, 0) is 19.8 Å². The topological polar surface area (TPSA) is 77.4 Å². The van der Waals surface area contributed by atoms with Crippen LogP contribution in [0.5, 0.6) is 0 Å². The van der Waals surface area contributed by atoms with E-state index in [4.69, 9.17) is 0 Å². The standard InChI is InChI=1S/C17H36O4S.K/c1-3-4-5-6-7-8-9-10-11-12-13-14-15-16-17(2,18)22(19,20)21;/h18H,3-16H2,1-2H3,(H,19,20,21);/q;+1/p-1. The zero-order valence-corrected chi connectivity index (χ0v) is 19.4. The van der Waals surface area contributed by atoms with Gasteiger partial charge < -0.3 is 9.66 Å². The Kier molecular flexibility index (Phi) is 18.3. The molecule has 1 unspecified atom stereocenters. The van der Waals surface area contributed by atoms with Crippen LogP contribution in [-0.2, 0) is 10.1 Å². The van der Waals surface area contributed by atoms with Gasteiger partial charge in [-0.3, -0.25) is 0 Å². The minimum absolute atomic E-state index is 0. The quantitative estimate of drug-likeness (QED) is 0.269. The van der Waals surface area contributed by atoms with Gasteiger partial charge in [-0.2, -0.15) is 0 Å². The molecule has 0 aliphatic rings. The maximum absolute atomic E-state index is 10.8. The van der Waals surface area contributed by atoms with E-state index in [1.165, 1.54) is 57.8 Å². The van der Waals surface area contributed by atoms with E-state index in [9.17, 15) is 18.1 Å². The Bertz CT molecular complexity index is 356. The van der Waals surface area contributed by atoms with Crippen molar-refractivity contribution in [3.63, 3.8) is 0 Å². The van der Waals surface area contributed by atoms with Crippen molar-refractivity contribution in [3.8, 4) is 0 Å². The van der Waals surface area contributed by atoms with Crippen LogP contribution in [0, 0.1) is 0 Å². The van der Waals surface area contributed by atoms with Crippen LogP contribution in [0.25, 0.3) is 0 Å². The van der Waals surface area contributed by atoms with Crippen LogP contribution in [0.1, 0.15) is 104 Å². The molecule has 0 rings (SSSR count). The van der Waals surface area contributed by atoms with E-state index in [1.807, 2.05) is 0 Å². The molecule has 0 aliphatic heterocycles. The molecule has 0 spiro atoms. The number of aliphatic hydroxyl groups is 1. The van der Waals surface area contributed by atoms with Crippen molar-refractivity contribution in [2.24, 2.45) is 0 Å². The van der Waals surface area contributed by atoms with Gasteiger partial charge in [0.1, 0.15) is 10.1 Å². The second-order valence-electron chi connectivity index (χ2n) is 6.62. The summed E-state index contributed by atoms with van der Waals surface area (Å²) in [6.07, 6.45) is 15.6. The smallest absolute Gasteiger partial charge is 0.746 e. The van der Waals surface area contributed by atoms with E-state index in [2.05, 4.69) is 6.92 Å². The van der Waals surface area contributed by atoms with Crippen LogP contribution < -0.4 is 51.4 Å². The van der Waals surface area contributed by atoms with Crippen molar-refractivity contribution in [2.75, 3.05) is 0 Å². The van der Waals surface area contributed by atoms with Crippen molar-refractivity contribution in [2.45, 2.75) is 109 Å². The van der Waals surface area contributed by atoms with E-state index in [0.717, 1.165) is 26.2 Å². The molecule has 6 heteroatoms. The molecule has 0 aromatic heterocycles. The summed E-state index contributed by atoms with van der Waals surface area (Å²) >= 11 is 0. The molecule has 134 valence electrons. The number of hydrogen-bond donors (Lipinski definition) is 1. The number of rotatable bonds is 15. The molecule has 1 atom stereocenters. The van der Waals surface area contributed by atoms with Crippen LogP contribution in [0.2, 0.25) is 0 Å². The fraction of sp³-hybridized carbons (Fsp3) is 1.00. The van der Waals surface area contributed by atoms with E-state index in [1.54, 1.807) is 0 Å². The molecule has 23 heavy (non-hydrogen) atoms. The molecule has 0 fully saturated rings. The Hall–Kier alpha value is 1.51. The monoisotopic (exact) mass is 374 g/mol. The third-order valence-electron chi connectivity index (χ3n) is 4.28. The van der Waals surface area contributed by atoms with E-state index < -0.39 is 15.1 Å². The Morgan fingerprint density at radius 3 is 1.39 bits per heavy atom. The Labute approximate surface area is 186 Å². The Balaban J connectivity index is 0. The average molecular weight is 375 g/mol. The summed E-state index contributed by atoms with van der Waals surface area (Å²) in [6, 6.07) is 0. The summed E-state index contributed by atoms with van der Waals surface area (Å²) in [5.41, 5.74) is 0. The fourth-order valence-corrected chi connectivity index (χ4v) is 2.99. The second-order valence-corrected chi connectivity index (χ2v) is 8.41. The van der Waals surface area contributed by atoms with Gasteiger partial charge in [0.25, 0.3) is 0 Å². The first-order valence-corrected chi connectivity index (χ1v) is 10.4. The minimum Gasteiger partial charge on any atom is -0.746 e. The van der Waals surface area contributed by atoms with Gasteiger partial charge in [0.2, 0.25) is 0 Å². The molecule has 1 N–H and O–H groups in total. The van der Waals surface area contributed by atoms with Crippen molar-refractivity contribution in [3.05, 3.63) is 0 Å². The molecule has 4 nitrogen and oxygen atoms in total. The summed E-state index contributed by atoms with van der Waals surface area (Å²) in [5, 5.41) is 9.53. The molecular weight excluding hydrogens is 339 g/mol. The van der Waals surface area contributed by atoms with Crippen LogP contribution in [0.3, 0.4) is 0 Å². The molecule has 0 aromatic rings. The largest absolute Gasteiger partial charge is 1.00 e. The minimum atomic E-state index is -4.61.